The van der Waals surface area contributed by atoms with Gasteiger partial charge >= 0.3 is 0 Å². The van der Waals surface area contributed by atoms with Crippen LogP contribution in [0.25, 0.3) is 11.0 Å². The van der Waals surface area contributed by atoms with Gasteiger partial charge < -0.3 is 15.5 Å². The van der Waals surface area contributed by atoms with Crippen molar-refractivity contribution < 1.29 is 14.0 Å². The molecule has 0 fully saturated rings. The van der Waals surface area contributed by atoms with Crippen LogP contribution in [-0.2, 0) is 12.8 Å². The lowest BCUT2D eigenvalue weighted by molar-refractivity contribution is 0.0997. The highest BCUT2D eigenvalue weighted by atomic mass is 32.1. The minimum atomic E-state index is -0.570. The van der Waals surface area contributed by atoms with E-state index in [-0.39, 0.29) is 11.2 Å². The lowest BCUT2D eigenvalue weighted by Gasteiger charge is -2.11. The molecule has 1 aliphatic rings. The molecule has 0 bridgehead atoms. The van der Waals surface area contributed by atoms with Crippen LogP contribution in [0.4, 0.5) is 5.00 Å². The molecule has 2 amide bonds. The van der Waals surface area contributed by atoms with Crippen molar-refractivity contribution in [3.63, 3.8) is 0 Å². The van der Waals surface area contributed by atoms with Gasteiger partial charge in [-0.3, -0.25) is 14.4 Å². The number of thiophene rings is 1. The molecule has 0 radical (unpaired) electrons. The van der Waals surface area contributed by atoms with Gasteiger partial charge in [0.05, 0.1) is 10.9 Å². The van der Waals surface area contributed by atoms with Gasteiger partial charge in [0.25, 0.3) is 11.8 Å². The Morgan fingerprint density at radius 2 is 1.89 bits per heavy atom. The number of amides is 2. The van der Waals surface area contributed by atoms with Crippen LogP contribution in [0.2, 0.25) is 0 Å². The van der Waals surface area contributed by atoms with E-state index in [1.807, 2.05) is 19.9 Å². The van der Waals surface area contributed by atoms with Crippen molar-refractivity contribution in [2.45, 2.75) is 39.5 Å². The number of benzene rings is 1. The third-order valence-corrected chi connectivity index (χ3v) is 6.25. The number of primary amides is 1. The molecule has 2 heterocycles. The molecular formula is C21H20N2O4S. The average molecular weight is 396 g/mol. The zero-order chi connectivity index (χ0) is 20.0. The van der Waals surface area contributed by atoms with E-state index >= 15 is 0 Å². The Balaban J connectivity index is 1.75. The first kappa shape index (κ1) is 18.4. The van der Waals surface area contributed by atoms with Crippen LogP contribution in [0.1, 0.15) is 55.3 Å². The molecule has 0 saturated carbocycles. The number of fused-ring (bicyclic) bond motifs is 2. The standard InChI is InChI=1S/C21H20N2O4S/c1-10-7-11(2)17-13(24)9-15(27-14(17)8-10)20(26)23-21-18(19(22)25)12-5-3-4-6-16(12)28-21/h7-9H,3-6H2,1-2H3,(H2,22,25)(H,23,26). The highest BCUT2D eigenvalue weighted by molar-refractivity contribution is 7.17. The number of anilines is 1. The highest BCUT2D eigenvalue weighted by Gasteiger charge is 2.26. The van der Waals surface area contributed by atoms with Crippen molar-refractivity contribution in [1.82, 2.24) is 0 Å². The summed E-state index contributed by atoms with van der Waals surface area (Å²) in [5.74, 6) is -1.22. The molecule has 28 heavy (non-hydrogen) atoms. The minimum Gasteiger partial charge on any atom is -0.451 e. The van der Waals surface area contributed by atoms with Crippen molar-refractivity contribution >= 4 is 39.1 Å². The number of hydrogen-bond donors (Lipinski definition) is 2. The van der Waals surface area contributed by atoms with Gasteiger partial charge in [-0.25, -0.2) is 0 Å². The van der Waals surface area contributed by atoms with Crippen LogP contribution in [0.3, 0.4) is 0 Å². The van der Waals surface area contributed by atoms with Gasteiger partial charge in [-0.15, -0.1) is 11.3 Å². The van der Waals surface area contributed by atoms with E-state index in [2.05, 4.69) is 5.32 Å². The summed E-state index contributed by atoms with van der Waals surface area (Å²) in [5, 5.41) is 3.62. The summed E-state index contributed by atoms with van der Waals surface area (Å²) >= 11 is 1.37. The van der Waals surface area contributed by atoms with Crippen LogP contribution in [-0.4, -0.2) is 11.8 Å². The fourth-order valence-electron chi connectivity index (χ4n) is 3.86. The van der Waals surface area contributed by atoms with Crippen LogP contribution in [0, 0.1) is 13.8 Å². The molecule has 7 heteroatoms. The number of carbonyl (C=O) groups is 2. The van der Waals surface area contributed by atoms with E-state index < -0.39 is 11.8 Å². The molecule has 1 aromatic carbocycles. The Kier molecular flexibility index (Phi) is 4.55. The van der Waals surface area contributed by atoms with Crippen molar-refractivity contribution in [3.8, 4) is 0 Å². The Labute approximate surface area is 165 Å². The molecule has 0 atom stereocenters. The van der Waals surface area contributed by atoms with Crippen molar-refractivity contribution in [2.24, 2.45) is 5.73 Å². The molecule has 0 saturated heterocycles. The maximum atomic E-state index is 12.8. The molecule has 1 aliphatic carbocycles. The zero-order valence-electron chi connectivity index (χ0n) is 15.7. The van der Waals surface area contributed by atoms with Crippen molar-refractivity contribution in [3.05, 3.63) is 61.3 Å². The number of rotatable bonds is 3. The second-order valence-electron chi connectivity index (χ2n) is 7.16. The normalized spacial score (nSPS) is 13.4. The maximum absolute atomic E-state index is 12.8. The molecule has 0 unspecified atom stereocenters. The fourth-order valence-corrected chi connectivity index (χ4v) is 5.14. The first-order valence-electron chi connectivity index (χ1n) is 9.16. The summed E-state index contributed by atoms with van der Waals surface area (Å²) in [4.78, 5) is 38.4. The summed E-state index contributed by atoms with van der Waals surface area (Å²) in [5.41, 5.74) is 8.72. The number of nitrogens with one attached hydrogen (secondary N) is 1. The fraction of sp³-hybridized carbons (Fsp3) is 0.286. The largest absolute Gasteiger partial charge is 0.451 e. The van der Waals surface area contributed by atoms with Crippen molar-refractivity contribution in [1.29, 1.82) is 0 Å². The summed E-state index contributed by atoms with van der Waals surface area (Å²) in [6.07, 6.45) is 3.70. The summed E-state index contributed by atoms with van der Waals surface area (Å²) in [6, 6.07) is 4.82. The molecule has 3 aromatic rings. The second-order valence-corrected chi connectivity index (χ2v) is 8.27. The summed E-state index contributed by atoms with van der Waals surface area (Å²) < 4.78 is 5.72. The summed E-state index contributed by atoms with van der Waals surface area (Å²) in [6.45, 7) is 3.73. The van der Waals surface area contributed by atoms with Crippen LogP contribution in [0.15, 0.2) is 27.4 Å². The number of nitrogens with two attached hydrogens (primary N) is 1. The Morgan fingerprint density at radius 3 is 2.64 bits per heavy atom. The van der Waals surface area contributed by atoms with Crippen LogP contribution in [0.5, 0.6) is 0 Å². The monoisotopic (exact) mass is 396 g/mol. The predicted octanol–water partition coefficient (Wildman–Crippen LogP) is 3.70. The van der Waals surface area contributed by atoms with Gasteiger partial charge in [-0.1, -0.05) is 6.07 Å². The van der Waals surface area contributed by atoms with Gasteiger partial charge in [0, 0.05) is 10.9 Å². The SMILES string of the molecule is Cc1cc(C)c2c(=O)cc(C(=O)Nc3sc4c(c3C(N)=O)CCCC4)oc2c1. The van der Waals surface area contributed by atoms with Gasteiger partial charge in [0.1, 0.15) is 10.6 Å². The molecule has 0 spiro atoms. The number of carbonyl (C=O) groups excluding carboxylic acids is 2. The van der Waals surface area contributed by atoms with Gasteiger partial charge in [-0.2, -0.15) is 0 Å². The highest BCUT2D eigenvalue weighted by Crippen LogP contribution is 2.38. The lowest BCUT2D eigenvalue weighted by Crippen LogP contribution is -2.19. The van der Waals surface area contributed by atoms with E-state index in [0.29, 0.717) is 21.5 Å². The molecular weight excluding hydrogens is 376 g/mol. The van der Waals surface area contributed by atoms with Gasteiger partial charge in [0.15, 0.2) is 11.2 Å². The third kappa shape index (κ3) is 3.11. The Bertz CT molecular complexity index is 1190. The van der Waals surface area contributed by atoms with Crippen LogP contribution >= 0.6 is 11.3 Å². The van der Waals surface area contributed by atoms with E-state index in [0.717, 1.165) is 47.3 Å². The first-order chi connectivity index (χ1) is 13.3. The van der Waals surface area contributed by atoms with Gasteiger partial charge in [-0.05, 0) is 62.3 Å². The Hall–Kier alpha value is -2.93. The van der Waals surface area contributed by atoms with E-state index in [1.54, 1.807) is 6.07 Å². The third-order valence-electron chi connectivity index (χ3n) is 5.04. The quantitative estimate of drug-likeness (QED) is 0.704. The molecule has 6 nitrogen and oxygen atoms in total. The average Bonchev–Trinajstić information content (AvgIpc) is 2.98. The maximum Gasteiger partial charge on any atom is 0.292 e. The minimum absolute atomic E-state index is 0.0932. The van der Waals surface area contributed by atoms with E-state index in [9.17, 15) is 14.4 Å². The molecule has 3 N–H and O–H groups in total. The lowest BCUT2D eigenvalue weighted by atomic mass is 9.95. The number of hydrogen-bond acceptors (Lipinski definition) is 5. The Morgan fingerprint density at radius 1 is 1.14 bits per heavy atom. The zero-order valence-corrected chi connectivity index (χ0v) is 16.5. The molecule has 0 aliphatic heterocycles. The predicted molar refractivity (Wildman–Crippen MR) is 109 cm³/mol. The van der Waals surface area contributed by atoms with E-state index in [1.165, 1.54) is 17.4 Å². The van der Waals surface area contributed by atoms with E-state index in [4.69, 9.17) is 10.2 Å². The smallest absolute Gasteiger partial charge is 0.292 e. The second kappa shape index (κ2) is 6.91. The van der Waals surface area contributed by atoms with Crippen LogP contribution < -0.4 is 16.5 Å². The summed E-state index contributed by atoms with van der Waals surface area (Å²) in [7, 11) is 0. The number of aryl methyl sites for hydroxylation is 3. The molecule has 144 valence electrons. The van der Waals surface area contributed by atoms with Gasteiger partial charge in [0.2, 0.25) is 0 Å². The van der Waals surface area contributed by atoms with Crippen molar-refractivity contribution in [2.75, 3.05) is 5.32 Å². The first-order valence-corrected chi connectivity index (χ1v) is 9.97. The molecule has 4 rings (SSSR count). The molecule has 2 aromatic heterocycles. The topological polar surface area (TPSA) is 102 Å².